The van der Waals surface area contributed by atoms with Crippen molar-refractivity contribution >= 4 is 45.3 Å². The van der Waals surface area contributed by atoms with E-state index in [-0.39, 0.29) is 0 Å². The Morgan fingerprint density at radius 3 is 0.720 bits per heavy atom. The lowest BCUT2D eigenvalue weighted by atomic mass is 10.0. The van der Waals surface area contributed by atoms with Gasteiger partial charge in [0, 0.05) is 63.3 Å². The van der Waals surface area contributed by atoms with E-state index in [4.69, 9.17) is 18.9 Å². The van der Waals surface area contributed by atoms with E-state index in [0.29, 0.717) is 23.0 Å². The molecule has 0 aliphatic carbocycles. The Hall–Kier alpha value is -3.70. The second kappa shape index (κ2) is 13.8. The molecule has 50 heavy (non-hydrogen) atoms. The summed E-state index contributed by atoms with van der Waals surface area (Å²) in [5, 5.41) is 0. The molecule has 0 aliphatic rings. The average molecular weight is 751 g/mol. The monoisotopic (exact) mass is 750 g/mol. The fourth-order valence-electron chi connectivity index (χ4n) is 6.37. The van der Waals surface area contributed by atoms with Crippen LogP contribution in [-0.4, -0.2) is 28.4 Å². The first-order valence-electron chi connectivity index (χ1n) is 16.0. The molecule has 0 saturated heterocycles. The summed E-state index contributed by atoms with van der Waals surface area (Å²) < 4.78 is 51.3. The first-order valence-corrected chi connectivity index (χ1v) is 19.3. The Bertz CT molecular complexity index is 2070. The second-order valence-electron chi connectivity index (χ2n) is 12.4. The van der Waals surface area contributed by atoms with Crippen LogP contribution in [0, 0.1) is 67.0 Å². The maximum atomic E-state index is 14.4. The number of thiophene rings is 4. The zero-order chi connectivity index (χ0) is 36.3. The fourth-order valence-corrected chi connectivity index (χ4v) is 12.5. The Morgan fingerprint density at radius 1 is 0.340 bits per heavy atom. The molecule has 262 valence electrons. The zero-order valence-corrected chi connectivity index (χ0v) is 33.6. The Kier molecular flexibility index (Phi) is 9.96. The normalized spacial score (nSPS) is 11.4. The van der Waals surface area contributed by atoms with Crippen molar-refractivity contribution < 1.29 is 27.7 Å². The highest BCUT2D eigenvalue weighted by molar-refractivity contribution is 7.30. The standard InChI is InChI=1S/C40H40F2O4S4/c1-17-19(3)35(47-33(17)31-27(43-9)13-25(41)14-28(31)44-10)37-21(5)23(7)39(49-37)40-24(8)22(6)38(50-40)36-20(4)18(2)34(48-36)32-29(45-11)15-26(42)16-30(32)46-12/h13-16H,1-12H3. The highest BCUT2D eigenvalue weighted by Crippen LogP contribution is 2.56. The summed E-state index contributed by atoms with van der Waals surface area (Å²) in [7, 11) is 6.24. The van der Waals surface area contributed by atoms with E-state index >= 15 is 0 Å². The molecule has 0 fully saturated rings. The molecule has 6 rings (SSSR count). The lowest BCUT2D eigenvalue weighted by molar-refractivity contribution is 0.391. The van der Waals surface area contributed by atoms with Gasteiger partial charge >= 0.3 is 0 Å². The number of halogens is 2. The maximum Gasteiger partial charge on any atom is 0.134 e. The molecule has 4 nitrogen and oxygen atoms in total. The van der Waals surface area contributed by atoms with Crippen LogP contribution in [0.15, 0.2) is 24.3 Å². The van der Waals surface area contributed by atoms with Crippen molar-refractivity contribution in [3.8, 4) is 73.1 Å². The first-order chi connectivity index (χ1) is 23.8. The van der Waals surface area contributed by atoms with Gasteiger partial charge in [-0.2, -0.15) is 0 Å². The highest BCUT2D eigenvalue weighted by atomic mass is 32.1. The second-order valence-corrected chi connectivity index (χ2v) is 16.5. The number of methoxy groups -OCH3 is 4. The van der Waals surface area contributed by atoms with Crippen molar-refractivity contribution in [1.29, 1.82) is 0 Å². The molecule has 6 aromatic rings. The molecule has 0 radical (unpaired) electrons. The summed E-state index contributed by atoms with van der Waals surface area (Å²) in [4.78, 5) is 9.44. The first kappa shape index (κ1) is 36.1. The fraction of sp³-hybridized carbons (Fsp3) is 0.300. The third kappa shape index (κ3) is 5.74. The van der Waals surface area contributed by atoms with Crippen LogP contribution in [0.2, 0.25) is 0 Å². The number of hydrogen-bond donors (Lipinski definition) is 0. The Labute approximate surface area is 308 Å². The lowest BCUT2D eigenvalue weighted by Gasteiger charge is -2.13. The van der Waals surface area contributed by atoms with Crippen LogP contribution in [0.3, 0.4) is 0 Å². The Balaban J connectivity index is 1.48. The Morgan fingerprint density at radius 2 is 0.520 bits per heavy atom. The molecule has 0 N–H and O–H groups in total. The number of rotatable bonds is 9. The van der Waals surface area contributed by atoms with E-state index in [0.717, 1.165) is 32.0 Å². The van der Waals surface area contributed by atoms with Crippen molar-refractivity contribution in [3.05, 3.63) is 80.4 Å². The van der Waals surface area contributed by atoms with Crippen molar-refractivity contribution in [2.24, 2.45) is 0 Å². The largest absolute Gasteiger partial charge is 0.496 e. The van der Waals surface area contributed by atoms with E-state index in [9.17, 15) is 8.78 Å². The predicted molar refractivity (Wildman–Crippen MR) is 209 cm³/mol. The van der Waals surface area contributed by atoms with Gasteiger partial charge in [-0.1, -0.05) is 0 Å². The molecular weight excluding hydrogens is 711 g/mol. The zero-order valence-electron chi connectivity index (χ0n) is 30.3. The molecule has 0 spiro atoms. The molecule has 4 aromatic heterocycles. The molecule has 0 amide bonds. The molecule has 10 heteroatoms. The van der Waals surface area contributed by atoms with Gasteiger partial charge in [0.1, 0.15) is 34.6 Å². The van der Waals surface area contributed by atoms with E-state index < -0.39 is 11.6 Å². The van der Waals surface area contributed by atoms with Crippen molar-refractivity contribution in [2.45, 2.75) is 55.4 Å². The molecule has 0 atom stereocenters. The van der Waals surface area contributed by atoms with Gasteiger partial charge < -0.3 is 18.9 Å². The van der Waals surface area contributed by atoms with Crippen LogP contribution in [0.5, 0.6) is 23.0 Å². The third-order valence-corrected chi connectivity index (χ3v) is 15.9. The van der Waals surface area contributed by atoms with E-state index in [2.05, 4.69) is 55.4 Å². The van der Waals surface area contributed by atoms with E-state index in [1.165, 1.54) is 86.9 Å². The minimum atomic E-state index is -0.400. The summed E-state index contributed by atoms with van der Waals surface area (Å²) in [5.41, 5.74) is 11.2. The van der Waals surface area contributed by atoms with Crippen molar-refractivity contribution in [2.75, 3.05) is 28.4 Å². The van der Waals surface area contributed by atoms with Crippen LogP contribution in [0.25, 0.3) is 50.1 Å². The topological polar surface area (TPSA) is 36.9 Å². The summed E-state index contributed by atoms with van der Waals surface area (Å²) in [6, 6.07) is 5.65. The van der Waals surface area contributed by atoms with Crippen LogP contribution in [0.4, 0.5) is 8.78 Å². The van der Waals surface area contributed by atoms with Gasteiger partial charge in [-0.05, 0) is 99.9 Å². The maximum absolute atomic E-state index is 14.4. The molecule has 0 aliphatic heterocycles. The van der Waals surface area contributed by atoms with Gasteiger partial charge in [0.05, 0.1) is 39.6 Å². The summed E-state index contributed by atoms with van der Waals surface area (Å²) in [6.45, 7) is 17.4. The summed E-state index contributed by atoms with van der Waals surface area (Å²) in [5.74, 6) is 1.01. The predicted octanol–water partition coefficient (Wildman–Crippen LogP) is 13.0. The summed E-state index contributed by atoms with van der Waals surface area (Å²) >= 11 is 7.06. The van der Waals surface area contributed by atoms with Gasteiger partial charge in [-0.25, -0.2) is 8.78 Å². The van der Waals surface area contributed by atoms with Gasteiger partial charge in [0.25, 0.3) is 0 Å². The van der Waals surface area contributed by atoms with Crippen LogP contribution >= 0.6 is 45.3 Å². The van der Waals surface area contributed by atoms with Crippen LogP contribution in [-0.2, 0) is 0 Å². The molecule has 2 aromatic carbocycles. The molecule has 0 bridgehead atoms. The quantitative estimate of drug-likeness (QED) is 0.147. The van der Waals surface area contributed by atoms with Gasteiger partial charge in [-0.15, -0.1) is 45.3 Å². The van der Waals surface area contributed by atoms with Crippen LogP contribution in [0.1, 0.15) is 44.5 Å². The minimum absolute atomic E-state index is 0.400. The SMILES string of the molecule is COc1cc(F)cc(OC)c1-c1sc(-c2sc(-c3sc(-c4sc(-c5c(OC)cc(F)cc5OC)c(C)c4C)c(C)c3C)c(C)c2C)c(C)c1C. The number of benzene rings is 2. The third-order valence-electron chi connectivity index (χ3n) is 9.81. The van der Waals surface area contributed by atoms with Gasteiger partial charge in [-0.3, -0.25) is 0 Å². The van der Waals surface area contributed by atoms with E-state index in [1.807, 2.05) is 22.7 Å². The number of hydrogen-bond acceptors (Lipinski definition) is 8. The van der Waals surface area contributed by atoms with Crippen LogP contribution < -0.4 is 18.9 Å². The molecule has 4 heterocycles. The van der Waals surface area contributed by atoms with Gasteiger partial charge in [0.15, 0.2) is 0 Å². The van der Waals surface area contributed by atoms with Crippen molar-refractivity contribution in [3.63, 3.8) is 0 Å². The smallest absolute Gasteiger partial charge is 0.134 e. The molecule has 0 unspecified atom stereocenters. The minimum Gasteiger partial charge on any atom is -0.496 e. The summed E-state index contributed by atoms with van der Waals surface area (Å²) in [6.07, 6.45) is 0. The lowest BCUT2D eigenvalue weighted by Crippen LogP contribution is -1.94. The average Bonchev–Trinajstić information content (AvgIpc) is 3.77. The number of ether oxygens (including phenoxy) is 4. The van der Waals surface area contributed by atoms with Crippen molar-refractivity contribution in [1.82, 2.24) is 0 Å². The molecular formula is C40H40F2O4S4. The molecule has 0 saturated carbocycles. The highest BCUT2D eigenvalue weighted by Gasteiger charge is 2.28. The van der Waals surface area contributed by atoms with E-state index in [1.54, 1.807) is 51.1 Å². The van der Waals surface area contributed by atoms with Gasteiger partial charge in [0.2, 0.25) is 0 Å².